The van der Waals surface area contributed by atoms with Crippen molar-refractivity contribution in [3.05, 3.63) is 279 Å². The van der Waals surface area contributed by atoms with Crippen LogP contribution in [0.25, 0.3) is 147 Å². The zero-order chi connectivity index (χ0) is 70.9. The molecule has 0 N–H and O–H groups in total. The molecule has 12 heteroatoms. The summed E-state index contributed by atoms with van der Waals surface area (Å²) in [4.78, 5) is 10.6. The molecule has 0 unspecified atom stereocenters. The number of pyridine rings is 4. The van der Waals surface area contributed by atoms with Crippen molar-refractivity contribution in [2.24, 2.45) is 28.2 Å². The first-order chi connectivity index (χ1) is 48.0. The lowest BCUT2D eigenvalue weighted by Crippen LogP contribution is -2.30. The summed E-state index contributed by atoms with van der Waals surface area (Å²) in [6, 6.07) is 51.2. The summed E-state index contributed by atoms with van der Waals surface area (Å²) in [7, 11) is 7.78. The van der Waals surface area contributed by atoms with Crippen molar-refractivity contribution in [1.82, 2.24) is 0 Å². The maximum Gasteiger partial charge on any atom is 0.229 e. The Kier molecular flexibility index (Phi) is 15.1. The van der Waals surface area contributed by atoms with E-state index in [4.69, 9.17) is 42.9 Å². The fourth-order valence-corrected chi connectivity index (χ4v) is 12.8. The van der Waals surface area contributed by atoms with E-state index in [1.807, 2.05) is 184 Å². The van der Waals surface area contributed by atoms with Crippen LogP contribution in [-0.2, 0) is 28.2 Å². The number of aromatic nitrogens is 4. The highest BCUT2D eigenvalue weighted by Crippen LogP contribution is 2.43. The first-order valence-corrected chi connectivity index (χ1v) is 31.2. The van der Waals surface area contributed by atoms with Gasteiger partial charge in [-0.3, -0.25) is 0 Å². The topological polar surface area (TPSA) is 105 Å². The minimum atomic E-state index is 0.507. The largest absolute Gasteiger partial charge is 0.466 e. The number of aryl methyl sites for hydroxylation is 12. The van der Waals surface area contributed by atoms with Gasteiger partial charge in [0.2, 0.25) is 28.5 Å². The second-order valence-corrected chi connectivity index (χ2v) is 24.5. The van der Waals surface area contributed by atoms with Crippen molar-refractivity contribution in [2.75, 3.05) is 0 Å². The minimum Gasteiger partial charge on any atom is -0.466 e. The van der Waals surface area contributed by atoms with Crippen LogP contribution < -0.4 is 18.3 Å². The lowest BCUT2D eigenvalue weighted by Gasteiger charge is -2.06. The molecular formula is C84H68N8O4+4. The highest BCUT2D eigenvalue weighted by molar-refractivity contribution is 6.15. The highest BCUT2D eigenvalue weighted by atomic mass is 16.3. The SMILES string of the molecule is [2H]c1c[n+](C)c(-c2c(C)ccc3c2oc2c([N+]#[C-])cccc23)cc1C.[2H]c1c[n+](C)c(-c2c(C)ccc3c2oc2cc([N+]#[C-])ccc23)cc1C.[2H]c1c[n+](C)c(-c2c(C)ccc3c2oc2ccc([N+]#[C-])cc23)cc1C.[2H]c1c[n+](C)c(-c2c(C)ccc3c2oc2cccc(C#N)c23)cc1C. The molecule has 0 bridgehead atoms. The fourth-order valence-electron chi connectivity index (χ4n) is 12.8. The van der Waals surface area contributed by atoms with E-state index in [2.05, 4.69) is 90.8 Å². The number of hydrogen-bond donors (Lipinski definition) is 0. The second kappa shape index (κ2) is 25.2. The summed E-state index contributed by atoms with van der Waals surface area (Å²) in [6.45, 7) is 37.8. The van der Waals surface area contributed by atoms with Gasteiger partial charge in [-0.15, -0.1) is 0 Å². The fraction of sp³-hybridized carbons (Fsp3) is 0.143. The third kappa shape index (κ3) is 11.2. The zero-order valence-electron chi connectivity index (χ0n) is 59.4. The molecule has 96 heavy (non-hydrogen) atoms. The maximum absolute atomic E-state index is 9.45. The van der Waals surface area contributed by atoms with Crippen LogP contribution in [0.1, 0.15) is 55.6 Å². The standard InChI is InChI=1S/4C21H17N2O/c1-13-9-10-23(4)18(11-13)20-14(2)5-7-17-16-8-6-15(22-3)12-19(16)24-21(17)20;1-13-9-10-23(4)18(11-13)20-14(2)5-7-16-17-12-15(22-3)6-8-19(17)24-21(16)20;1-13-10-11-23(4)18(12-13)19-14(2)8-9-16-15-6-5-7-17(22-3)20(15)24-21(16)19;1-13-9-10-23(3)17(11-13)19-14(2)7-8-16-20-15(12-22)5-4-6-18(20)24-21(16)19/h3*5-12H,1-2,4H3;4-11H,1-3H3/q4*+1/i2*9D;10D;9D. The third-order valence-corrected chi connectivity index (χ3v) is 17.8. The van der Waals surface area contributed by atoms with E-state index in [-0.39, 0.29) is 0 Å². The van der Waals surface area contributed by atoms with E-state index >= 15 is 0 Å². The van der Waals surface area contributed by atoms with Gasteiger partial charge in [-0.1, -0.05) is 91.0 Å². The summed E-state index contributed by atoms with van der Waals surface area (Å²) in [6.07, 6.45) is 7.27. The average Bonchev–Trinajstić information content (AvgIpc) is 1.57. The number of nitriles is 1. The summed E-state index contributed by atoms with van der Waals surface area (Å²) >= 11 is 0. The molecule has 12 nitrogen and oxygen atoms in total. The second-order valence-electron chi connectivity index (χ2n) is 24.5. The molecule has 0 saturated heterocycles. The van der Waals surface area contributed by atoms with Gasteiger partial charge in [0, 0.05) is 91.5 Å². The van der Waals surface area contributed by atoms with Crippen molar-refractivity contribution in [1.29, 1.82) is 5.26 Å². The molecule has 0 aliphatic heterocycles. The molecule has 8 aromatic heterocycles. The number of hydrogen-bond acceptors (Lipinski definition) is 5. The number of rotatable bonds is 4. The quantitative estimate of drug-likeness (QED) is 0.129. The predicted molar refractivity (Wildman–Crippen MR) is 383 cm³/mol. The van der Waals surface area contributed by atoms with Crippen molar-refractivity contribution in [3.8, 4) is 51.1 Å². The molecule has 0 amide bonds. The summed E-state index contributed by atoms with van der Waals surface area (Å²) < 4.78 is 64.6. The number of nitrogens with zero attached hydrogens (tertiary/aromatic N) is 8. The summed E-state index contributed by atoms with van der Waals surface area (Å²) in [5, 5.41) is 17.2. The van der Waals surface area contributed by atoms with Gasteiger partial charge in [-0.2, -0.15) is 5.26 Å². The third-order valence-electron chi connectivity index (χ3n) is 17.8. The van der Waals surface area contributed by atoms with Crippen LogP contribution in [0.3, 0.4) is 0 Å². The molecule has 0 aliphatic rings. The van der Waals surface area contributed by atoms with E-state index in [0.29, 0.717) is 52.4 Å². The molecule has 16 rings (SSSR count). The van der Waals surface area contributed by atoms with Gasteiger partial charge >= 0.3 is 0 Å². The number of furan rings is 4. The van der Waals surface area contributed by atoms with Gasteiger partial charge in [0.15, 0.2) is 36.2 Å². The number of fused-ring (bicyclic) bond motifs is 12. The molecule has 0 radical (unpaired) electrons. The Labute approximate surface area is 562 Å². The molecule has 0 spiro atoms. The van der Waals surface area contributed by atoms with Crippen molar-refractivity contribution < 1.29 is 41.4 Å². The Hall–Kier alpha value is -12.5. The maximum atomic E-state index is 9.45. The van der Waals surface area contributed by atoms with Crippen LogP contribution in [0.2, 0.25) is 0 Å². The van der Waals surface area contributed by atoms with Crippen LogP contribution >= 0.6 is 0 Å². The van der Waals surface area contributed by atoms with Crippen LogP contribution in [0.15, 0.2) is 212 Å². The first-order valence-electron chi connectivity index (χ1n) is 33.2. The van der Waals surface area contributed by atoms with Crippen molar-refractivity contribution in [3.63, 3.8) is 0 Å². The Balaban J connectivity index is 0.000000119. The summed E-state index contributed by atoms with van der Waals surface area (Å²) in [5.74, 6) is 0. The number of benzene rings is 8. The van der Waals surface area contributed by atoms with Crippen LogP contribution in [0, 0.1) is 86.4 Å². The Bertz CT molecular complexity index is 6170. The van der Waals surface area contributed by atoms with Crippen molar-refractivity contribution in [2.45, 2.75) is 55.4 Å². The molecule has 0 atom stereocenters. The smallest absolute Gasteiger partial charge is 0.229 e. The highest BCUT2D eigenvalue weighted by Gasteiger charge is 2.26. The first kappa shape index (κ1) is 57.4. The monoisotopic (exact) mass is 1260 g/mol. The van der Waals surface area contributed by atoms with Gasteiger partial charge < -0.3 is 17.7 Å². The molecule has 0 aliphatic carbocycles. The van der Waals surface area contributed by atoms with E-state index in [9.17, 15) is 5.26 Å². The molecule has 8 heterocycles. The van der Waals surface area contributed by atoms with Gasteiger partial charge in [0.1, 0.15) is 72.9 Å². The zero-order valence-corrected chi connectivity index (χ0v) is 55.4. The summed E-state index contributed by atoms with van der Waals surface area (Å²) in [5.41, 5.74) is 24.6. The molecule has 0 fully saturated rings. The van der Waals surface area contributed by atoms with E-state index in [1.54, 1.807) is 18.2 Å². The van der Waals surface area contributed by atoms with E-state index < -0.39 is 0 Å². The van der Waals surface area contributed by atoms with Crippen LogP contribution in [0.5, 0.6) is 0 Å². The molecular weight excluding hydrogens is 1180 g/mol. The van der Waals surface area contributed by atoms with Crippen LogP contribution in [-0.4, -0.2) is 0 Å². The Morgan fingerprint density at radius 1 is 0.365 bits per heavy atom. The lowest BCUT2D eigenvalue weighted by molar-refractivity contribution is -0.660. The van der Waals surface area contributed by atoms with Crippen LogP contribution in [0.4, 0.5) is 17.1 Å². The number of para-hydroxylation sites is 1. The normalized spacial score (nSPS) is 11.7. The lowest BCUT2D eigenvalue weighted by atomic mass is 9.99. The van der Waals surface area contributed by atoms with Gasteiger partial charge in [0.25, 0.3) is 0 Å². The average molecular weight is 1260 g/mol. The van der Waals surface area contributed by atoms with E-state index in [1.165, 1.54) is 0 Å². The van der Waals surface area contributed by atoms with E-state index in [0.717, 1.165) is 172 Å². The minimum absolute atomic E-state index is 0.507. The van der Waals surface area contributed by atoms with Gasteiger partial charge in [-0.05, 0) is 130 Å². The Morgan fingerprint density at radius 3 is 1.23 bits per heavy atom. The van der Waals surface area contributed by atoms with Gasteiger partial charge in [0.05, 0.1) is 59.1 Å². The predicted octanol–water partition coefficient (Wildman–Crippen LogP) is 20.3. The molecule has 464 valence electrons. The van der Waals surface area contributed by atoms with Crippen molar-refractivity contribution >= 4 is 105 Å². The molecule has 16 aromatic rings. The van der Waals surface area contributed by atoms with Gasteiger partial charge in [-0.25, -0.2) is 32.8 Å². The molecule has 8 aromatic carbocycles. The molecule has 0 saturated carbocycles. The Morgan fingerprint density at radius 2 is 0.750 bits per heavy atom.